The molecular formula is C25H26O2. The van der Waals surface area contributed by atoms with Gasteiger partial charge in [0, 0.05) is 11.1 Å². The molecule has 0 unspecified atom stereocenters. The lowest BCUT2D eigenvalue weighted by Crippen LogP contribution is -2.03. The summed E-state index contributed by atoms with van der Waals surface area (Å²) in [6.45, 7) is 11.3. The van der Waals surface area contributed by atoms with Crippen molar-refractivity contribution in [2.75, 3.05) is 13.2 Å². The Morgan fingerprint density at radius 2 is 1.67 bits per heavy atom. The predicted molar refractivity (Wildman–Crippen MR) is 115 cm³/mol. The first-order chi connectivity index (χ1) is 13.2. The molecule has 3 aromatic carbocycles. The third-order valence-corrected chi connectivity index (χ3v) is 4.60. The maximum atomic E-state index is 6.03. The van der Waals surface area contributed by atoms with Crippen molar-refractivity contribution in [2.24, 2.45) is 0 Å². The van der Waals surface area contributed by atoms with Gasteiger partial charge in [0.05, 0.1) is 13.2 Å². The Hall–Kier alpha value is -3.00. The van der Waals surface area contributed by atoms with E-state index >= 15 is 0 Å². The summed E-state index contributed by atoms with van der Waals surface area (Å²) in [6.07, 6.45) is 1.89. The molecule has 0 radical (unpaired) electrons. The number of hydrogen-bond donors (Lipinski definition) is 0. The minimum atomic E-state index is 0.607. The molecule has 0 amide bonds. The van der Waals surface area contributed by atoms with Crippen molar-refractivity contribution >= 4 is 22.4 Å². The second-order valence-electron chi connectivity index (χ2n) is 6.25. The fraction of sp³-hybridized carbons (Fsp3) is 0.200. The lowest BCUT2D eigenvalue weighted by atomic mass is 9.89. The highest BCUT2D eigenvalue weighted by molar-refractivity contribution is 6.01. The molecule has 0 spiro atoms. The van der Waals surface area contributed by atoms with E-state index in [2.05, 4.69) is 55.1 Å². The minimum Gasteiger partial charge on any atom is -0.498 e. The number of hydrogen-bond acceptors (Lipinski definition) is 2. The van der Waals surface area contributed by atoms with Gasteiger partial charge in [0.15, 0.2) is 0 Å². The summed E-state index contributed by atoms with van der Waals surface area (Å²) in [5.74, 6) is 1.74. The third-order valence-electron chi connectivity index (χ3n) is 4.60. The number of ether oxygens (including phenoxy) is 2. The van der Waals surface area contributed by atoms with Gasteiger partial charge >= 0.3 is 0 Å². The molecule has 0 aliphatic carbocycles. The van der Waals surface area contributed by atoms with Crippen LogP contribution in [0.25, 0.3) is 22.4 Å². The summed E-state index contributed by atoms with van der Waals surface area (Å²) in [4.78, 5) is 0. The Labute approximate surface area is 161 Å². The topological polar surface area (TPSA) is 18.5 Å². The van der Waals surface area contributed by atoms with Gasteiger partial charge in [-0.2, -0.15) is 0 Å². The maximum Gasteiger partial charge on any atom is 0.127 e. The maximum absolute atomic E-state index is 6.03. The zero-order valence-corrected chi connectivity index (χ0v) is 16.3. The van der Waals surface area contributed by atoms with Crippen molar-refractivity contribution in [1.29, 1.82) is 0 Å². The van der Waals surface area contributed by atoms with Crippen LogP contribution in [0.1, 0.15) is 37.5 Å². The van der Waals surface area contributed by atoms with E-state index in [1.54, 1.807) is 0 Å². The molecule has 2 heteroatoms. The van der Waals surface area contributed by atoms with Gasteiger partial charge in [-0.1, -0.05) is 67.3 Å². The molecule has 0 aliphatic heterocycles. The van der Waals surface area contributed by atoms with Crippen LogP contribution < -0.4 is 4.74 Å². The predicted octanol–water partition coefficient (Wildman–Crippen LogP) is 6.70. The molecular weight excluding hydrogens is 332 g/mol. The summed E-state index contributed by atoms with van der Waals surface area (Å²) in [7, 11) is 0. The molecule has 0 N–H and O–H groups in total. The summed E-state index contributed by atoms with van der Waals surface area (Å²) in [5.41, 5.74) is 4.28. The van der Waals surface area contributed by atoms with Crippen LogP contribution in [0.5, 0.6) is 5.75 Å². The molecule has 0 saturated heterocycles. The van der Waals surface area contributed by atoms with E-state index in [1.807, 2.05) is 39.0 Å². The normalized spacial score (nSPS) is 11.8. The molecule has 0 bridgehead atoms. The van der Waals surface area contributed by atoms with Gasteiger partial charge in [0.2, 0.25) is 0 Å². The molecule has 27 heavy (non-hydrogen) atoms. The summed E-state index contributed by atoms with van der Waals surface area (Å²) in [5, 5.41) is 2.32. The van der Waals surface area contributed by atoms with E-state index in [0.29, 0.717) is 13.2 Å². The summed E-state index contributed by atoms with van der Waals surface area (Å²) < 4.78 is 12.0. The fourth-order valence-electron chi connectivity index (χ4n) is 3.48. The van der Waals surface area contributed by atoms with Crippen LogP contribution in [0.4, 0.5) is 0 Å². The van der Waals surface area contributed by atoms with Crippen molar-refractivity contribution in [1.82, 2.24) is 0 Å². The van der Waals surface area contributed by atoms with Crippen LogP contribution in [0.15, 0.2) is 73.0 Å². The van der Waals surface area contributed by atoms with Gasteiger partial charge in [-0.15, -0.1) is 0 Å². The Kier molecular flexibility index (Phi) is 5.97. The van der Waals surface area contributed by atoms with Gasteiger partial charge < -0.3 is 9.47 Å². The van der Waals surface area contributed by atoms with E-state index in [0.717, 1.165) is 39.2 Å². The molecule has 3 rings (SSSR count). The molecule has 2 nitrogen and oxygen atoms in total. The Morgan fingerprint density at radius 1 is 0.926 bits per heavy atom. The van der Waals surface area contributed by atoms with Gasteiger partial charge in [-0.3, -0.25) is 0 Å². The second kappa shape index (κ2) is 8.59. The smallest absolute Gasteiger partial charge is 0.127 e. The van der Waals surface area contributed by atoms with Crippen molar-refractivity contribution in [3.63, 3.8) is 0 Å². The monoisotopic (exact) mass is 358 g/mol. The van der Waals surface area contributed by atoms with E-state index in [9.17, 15) is 0 Å². The minimum absolute atomic E-state index is 0.607. The van der Waals surface area contributed by atoms with E-state index in [-0.39, 0.29) is 0 Å². The average Bonchev–Trinajstić information content (AvgIpc) is 2.70. The molecule has 3 aromatic rings. The van der Waals surface area contributed by atoms with Gasteiger partial charge in [0.1, 0.15) is 11.5 Å². The first kappa shape index (κ1) is 18.8. The standard InChI is InChI=1S/C25H26O2/c1-5-19-12-8-10-14-21(19)24(18(4)26-6-2)25-22-15-11-9-13-20(22)16-17-23(25)27-7-3/h5,8-17H,1,6-7H2,2-4H3/b24-18-. The molecule has 0 aliphatic rings. The number of benzene rings is 3. The molecule has 138 valence electrons. The second-order valence-corrected chi connectivity index (χ2v) is 6.25. The highest BCUT2D eigenvalue weighted by Gasteiger charge is 2.20. The highest BCUT2D eigenvalue weighted by atomic mass is 16.5. The zero-order chi connectivity index (χ0) is 19.2. The van der Waals surface area contributed by atoms with Crippen LogP contribution in [0.3, 0.4) is 0 Å². The van der Waals surface area contributed by atoms with Crippen molar-refractivity contribution in [3.8, 4) is 5.75 Å². The average molecular weight is 358 g/mol. The van der Waals surface area contributed by atoms with Gasteiger partial charge in [-0.05, 0) is 48.7 Å². The van der Waals surface area contributed by atoms with Crippen molar-refractivity contribution < 1.29 is 9.47 Å². The van der Waals surface area contributed by atoms with Gasteiger partial charge in [-0.25, -0.2) is 0 Å². The Bertz CT molecular complexity index is 983. The highest BCUT2D eigenvalue weighted by Crippen LogP contribution is 2.40. The first-order valence-electron chi connectivity index (χ1n) is 9.41. The Balaban J connectivity index is 2.42. The molecule has 0 aromatic heterocycles. The lowest BCUT2D eigenvalue weighted by molar-refractivity contribution is 0.233. The number of fused-ring (bicyclic) bond motifs is 1. The SMILES string of the molecule is C=Cc1ccccc1/C(=C(\C)OCC)c1c(OCC)ccc2ccccc12. The van der Waals surface area contributed by atoms with Crippen LogP contribution in [0, 0.1) is 0 Å². The summed E-state index contributed by atoms with van der Waals surface area (Å²) in [6, 6.07) is 20.8. The van der Waals surface area contributed by atoms with Crippen molar-refractivity contribution in [3.05, 3.63) is 89.7 Å². The van der Waals surface area contributed by atoms with Gasteiger partial charge in [0.25, 0.3) is 0 Å². The van der Waals surface area contributed by atoms with E-state index in [1.165, 1.54) is 5.39 Å². The largest absolute Gasteiger partial charge is 0.498 e. The lowest BCUT2D eigenvalue weighted by Gasteiger charge is -2.20. The van der Waals surface area contributed by atoms with Crippen LogP contribution in [-0.4, -0.2) is 13.2 Å². The molecule has 0 fully saturated rings. The quantitative estimate of drug-likeness (QED) is 0.438. The van der Waals surface area contributed by atoms with Crippen LogP contribution in [0.2, 0.25) is 0 Å². The van der Waals surface area contributed by atoms with E-state index < -0.39 is 0 Å². The first-order valence-corrected chi connectivity index (χ1v) is 9.41. The van der Waals surface area contributed by atoms with Crippen LogP contribution in [-0.2, 0) is 4.74 Å². The molecule has 0 saturated carbocycles. The van der Waals surface area contributed by atoms with Crippen molar-refractivity contribution in [2.45, 2.75) is 20.8 Å². The summed E-state index contributed by atoms with van der Waals surface area (Å²) >= 11 is 0. The third kappa shape index (κ3) is 3.75. The van der Waals surface area contributed by atoms with E-state index in [4.69, 9.17) is 9.47 Å². The Morgan fingerprint density at radius 3 is 2.41 bits per heavy atom. The number of allylic oxidation sites excluding steroid dienone is 1. The molecule has 0 atom stereocenters. The number of rotatable bonds is 7. The molecule has 0 heterocycles. The fourth-order valence-corrected chi connectivity index (χ4v) is 3.48. The zero-order valence-electron chi connectivity index (χ0n) is 16.3. The van der Waals surface area contributed by atoms with Crippen LogP contribution >= 0.6 is 0 Å².